The van der Waals surface area contributed by atoms with E-state index >= 15 is 0 Å². The van der Waals surface area contributed by atoms with Crippen LogP contribution in [0.15, 0.2) is 0 Å². The first kappa shape index (κ1) is 17.1. The summed E-state index contributed by atoms with van der Waals surface area (Å²) in [5.74, 6) is -1.86. The summed E-state index contributed by atoms with van der Waals surface area (Å²) in [6.07, 6.45) is 0. The van der Waals surface area contributed by atoms with Crippen LogP contribution in [0.5, 0.6) is 0 Å². The summed E-state index contributed by atoms with van der Waals surface area (Å²) >= 11 is 0. The number of halogens is 1. The monoisotopic (exact) mass is 377 g/mol. The molecule has 4 aromatic rings. The van der Waals surface area contributed by atoms with Gasteiger partial charge in [-0.25, -0.2) is 19.9 Å². The van der Waals surface area contributed by atoms with Crippen molar-refractivity contribution < 1.29 is 4.39 Å². The lowest BCUT2D eigenvalue weighted by molar-refractivity contribution is 0.579. The fourth-order valence-electron chi connectivity index (χ4n) is 2.64. The maximum atomic E-state index is 14.2. The Morgan fingerprint density at radius 3 is 1.31 bits per heavy atom. The Morgan fingerprint density at radius 1 is 0.586 bits per heavy atom. The van der Waals surface area contributed by atoms with E-state index in [1.807, 2.05) is 0 Å². The van der Waals surface area contributed by atoms with Crippen molar-refractivity contribution in [1.29, 1.82) is 15.8 Å². The highest BCUT2D eigenvalue weighted by atomic mass is 19.1. The van der Waals surface area contributed by atoms with Gasteiger partial charge in [0.05, 0.1) is 0 Å². The minimum absolute atomic E-state index is 0.0539. The van der Waals surface area contributed by atoms with Crippen LogP contribution >= 0.6 is 0 Å². The van der Waals surface area contributed by atoms with Crippen molar-refractivity contribution in [1.82, 2.24) is 29.9 Å². The average molecular weight is 377 g/mol. The Bertz CT molecular complexity index is 1570. The van der Waals surface area contributed by atoms with Gasteiger partial charge in [-0.2, -0.15) is 20.2 Å². The SMILES string of the molecule is [C-]#[N+]c1nc2c3nc(F)c(C#N)nc3c3nc(C#N)c(C#N)nc3c2nc1[N+]#[C-]. The molecule has 0 aliphatic heterocycles. The third kappa shape index (κ3) is 2.30. The highest BCUT2D eigenvalue weighted by Gasteiger charge is 2.26. The Hall–Kier alpha value is -5.38. The van der Waals surface area contributed by atoms with E-state index < -0.39 is 11.6 Å². The zero-order valence-corrected chi connectivity index (χ0v) is 13.8. The number of nitrogens with zero attached hydrogens (tertiary/aromatic N) is 11. The molecular formula is C17FN11. The number of hydrogen-bond donors (Lipinski definition) is 0. The lowest BCUT2D eigenvalue weighted by atomic mass is 10.1. The zero-order valence-electron chi connectivity index (χ0n) is 13.8. The van der Waals surface area contributed by atoms with Crippen LogP contribution in [0.4, 0.5) is 16.0 Å². The molecular weight excluding hydrogens is 377 g/mol. The second-order valence-corrected chi connectivity index (χ2v) is 5.31. The van der Waals surface area contributed by atoms with Crippen molar-refractivity contribution in [2.75, 3.05) is 0 Å². The van der Waals surface area contributed by atoms with E-state index in [1.165, 1.54) is 0 Å². The fraction of sp³-hybridized carbons (Fsp3) is 0. The molecule has 0 saturated heterocycles. The third-order valence-electron chi connectivity index (χ3n) is 3.81. The standard InChI is InChI=1S/C17FN11/c1-22-16-17(23-2)29-14-12-10(26-8(5-21)15(18)27-12)9-11(13(14)28-16)25-7(4-20)6(3-19)24-9. The Morgan fingerprint density at radius 2 is 0.931 bits per heavy atom. The summed E-state index contributed by atoms with van der Waals surface area (Å²) in [5.41, 5.74) is -1.85. The summed E-state index contributed by atoms with van der Waals surface area (Å²) in [4.78, 5) is 30.1. The molecule has 12 heteroatoms. The van der Waals surface area contributed by atoms with E-state index in [-0.39, 0.29) is 56.1 Å². The van der Waals surface area contributed by atoms with Crippen LogP contribution in [0, 0.1) is 53.1 Å². The number of fused-ring (bicyclic) bond motifs is 6. The van der Waals surface area contributed by atoms with Gasteiger partial charge >= 0.3 is 0 Å². The van der Waals surface area contributed by atoms with Crippen molar-refractivity contribution in [3.05, 3.63) is 45.9 Å². The van der Waals surface area contributed by atoms with E-state index in [9.17, 15) is 14.9 Å². The van der Waals surface area contributed by atoms with Gasteiger partial charge in [0.15, 0.2) is 17.1 Å². The summed E-state index contributed by atoms with van der Waals surface area (Å²) in [6, 6.07) is 5.01. The summed E-state index contributed by atoms with van der Waals surface area (Å²) < 4.78 is 14.2. The van der Waals surface area contributed by atoms with Gasteiger partial charge in [0.1, 0.15) is 40.3 Å². The van der Waals surface area contributed by atoms with Crippen LogP contribution in [-0.4, -0.2) is 29.9 Å². The molecule has 130 valence electrons. The summed E-state index contributed by atoms with van der Waals surface area (Å²) in [7, 11) is 0. The number of rotatable bonds is 0. The normalized spacial score (nSPS) is 10.1. The van der Waals surface area contributed by atoms with Gasteiger partial charge in [0.2, 0.25) is 17.0 Å². The molecule has 0 N–H and O–H groups in total. The topological polar surface area (TPSA) is 157 Å². The molecule has 1 aromatic carbocycles. The first-order valence-corrected chi connectivity index (χ1v) is 7.44. The molecule has 4 rings (SSSR count). The van der Waals surface area contributed by atoms with Gasteiger partial charge in [-0.3, -0.25) is 0 Å². The van der Waals surface area contributed by atoms with Crippen LogP contribution in [0.3, 0.4) is 0 Å². The van der Waals surface area contributed by atoms with Crippen molar-refractivity contribution in [2.24, 2.45) is 0 Å². The van der Waals surface area contributed by atoms with Crippen molar-refractivity contribution in [2.45, 2.75) is 0 Å². The van der Waals surface area contributed by atoms with Crippen molar-refractivity contribution in [3.63, 3.8) is 0 Å². The highest BCUT2D eigenvalue weighted by Crippen LogP contribution is 2.34. The number of benzene rings is 1. The molecule has 0 fully saturated rings. The molecule has 0 atom stereocenters. The van der Waals surface area contributed by atoms with E-state index in [0.717, 1.165) is 0 Å². The maximum Gasteiger partial charge on any atom is 0.294 e. The lowest BCUT2D eigenvalue weighted by Gasteiger charge is -2.06. The van der Waals surface area contributed by atoms with Crippen LogP contribution in [0.1, 0.15) is 17.1 Å². The minimum atomic E-state index is -1.18. The van der Waals surface area contributed by atoms with Gasteiger partial charge < -0.3 is 9.69 Å². The first-order valence-electron chi connectivity index (χ1n) is 7.44. The lowest BCUT2D eigenvalue weighted by Crippen LogP contribution is -2.03. The van der Waals surface area contributed by atoms with Gasteiger partial charge in [-0.1, -0.05) is 13.1 Å². The van der Waals surface area contributed by atoms with Crippen LogP contribution in [0.25, 0.3) is 42.8 Å². The van der Waals surface area contributed by atoms with Crippen LogP contribution in [0.2, 0.25) is 0 Å². The molecule has 0 radical (unpaired) electrons. The Kier molecular flexibility index (Phi) is 3.59. The van der Waals surface area contributed by atoms with Crippen LogP contribution in [-0.2, 0) is 0 Å². The number of nitriles is 3. The molecule has 3 aromatic heterocycles. The van der Waals surface area contributed by atoms with Crippen LogP contribution < -0.4 is 0 Å². The second-order valence-electron chi connectivity index (χ2n) is 5.31. The van der Waals surface area contributed by atoms with E-state index in [2.05, 4.69) is 39.6 Å². The van der Waals surface area contributed by atoms with Gasteiger partial charge in [-0.15, -0.1) is 9.97 Å². The van der Waals surface area contributed by atoms with Gasteiger partial charge in [0, 0.05) is 0 Å². The largest absolute Gasteiger partial charge is 0.370 e. The number of hydrogen-bond acceptors (Lipinski definition) is 9. The Balaban J connectivity index is 2.41. The zero-order chi connectivity index (χ0) is 20.7. The molecule has 0 bridgehead atoms. The molecule has 0 amide bonds. The smallest absolute Gasteiger partial charge is 0.294 e. The second kappa shape index (κ2) is 6.10. The predicted molar refractivity (Wildman–Crippen MR) is 92.4 cm³/mol. The number of aromatic nitrogens is 6. The fourth-order valence-corrected chi connectivity index (χ4v) is 2.64. The van der Waals surface area contributed by atoms with Crippen molar-refractivity contribution in [3.8, 4) is 18.2 Å². The molecule has 11 nitrogen and oxygen atoms in total. The molecule has 0 saturated carbocycles. The van der Waals surface area contributed by atoms with Gasteiger partial charge in [-0.05, 0) is 0 Å². The van der Waals surface area contributed by atoms with Gasteiger partial charge in [0.25, 0.3) is 11.6 Å². The third-order valence-corrected chi connectivity index (χ3v) is 3.81. The highest BCUT2D eigenvalue weighted by molar-refractivity contribution is 6.18. The molecule has 0 aliphatic rings. The maximum absolute atomic E-state index is 14.2. The molecule has 0 spiro atoms. The molecule has 0 aliphatic carbocycles. The Labute approximate surface area is 159 Å². The quantitative estimate of drug-likeness (QED) is 0.331. The summed E-state index contributed by atoms with van der Waals surface area (Å²) in [6.45, 7) is 14.4. The molecule has 29 heavy (non-hydrogen) atoms. The van der Waals surface area contributed by atoms with Crippen molar-refractivity contribution >= 4 is 44.7 Å². The van der Waals surface area contributed by atoms with E-state index in [1.54, 1.807) is 18.2 Å². The minimum Gasteiger partial charge on any atom is -0.370 e. The molecule has 0 unspecified atom stereocenters. The molecule has 3 heterocycles. The average Bonchev–Trinajstić information content (AvgIpc) is 2.76. The van der Waals surface area contributed by atoms with E-state index in [0.29, 0.717) is 0 Å². The summed E-state index contributed by atoms with van der Waals surface area (Å²) in [5, 5.41) is 27.6. The predicted octanol–water partition coefficient (Wildman–Crippen LogP) is 2.37. The first-order chi connectivity index (χ1) is 14.1. The van der Waals surface area contributed by atoms with E-state index in [4.69, 9.17) is 18.4 Å².